The molecule has 6 nitrogen and oxygen atoms in total. The molecular formula is C14H16N4O2S. The Balaban J connectivity index is 2.06. The van der Waals surface area contributed by atoms with Crippen molar-refractivity contribution >= 4 is 28.8 Å². The Labute approximate surface area is 126 Å². The molecule has 0 bridgehead atoms. The van der Waals surface area contributed by atoms with Gasteiger partial charge in [0.15, 0.2) is 0 Å². The fraction of sp³-hybridized carbons (Fsp3) is 0.214. The predicted molar refractivity (Wildman–Crippen MR) is 82.0 cm³/mol. The maximum Gasteiger partial charge on any atom is 0.250 e. The van der Waals surface area contributed by atoms with Gasteiger partial charge in [-0.1, -0.05) is 12.1 Å². The van der Waals surface area contributed by atoms with Crippen molar-refractivity contribution in [2.24, 2.45) is 11.5 Å². The number of carbonyl (C=O) groups excluding carboxylic acids is 2. The van der Waals surface area contributed by atoms with Gasteiger partial charge in [0, 0.05) is 5.38 Å². The number of aromatic nitrogens is 1. The van der Waals surface area contributed by atoms with Gasteiger partial charge in [-0.2, -0.15) is 0 Å². The van der Waals surface area contributed by atoms with Gasteiger partial charge in [-0.15, -0.1) is 11.3 Å². The van der Waals surface area contributed by atoms with E-state index in [0.717, 1.165) is 5.01 Å². The summed E-state index contributed by atoms with van der Waals surface area (Å²) < 4.78 is 0. The lowest BCUT2D eigenvalue weighted by atomic mass is 10.1. The smallest absolute Gasteiger partial charge is 0.250 e. The Hall–Kier alpha value is -2.25. The molecule has 110 valence electrons. The number of primary amides is 1. The number of nitrogens with one attached hydrogen (secondary N) is 1. The largest absolute Gasteiger partial charge is 0.366 e. The third-order valence-corrected chi connectivity index (χ3v) is 3.86. The highest BCUT2D eigenvalue weighted by atomic mass is 32.1. The van der Waals surface area contributed by atoms with Gasteiger partial charge in [0.2, 0.25) is 5.91 Å². The lowest BCUT2D eigenvalue weighted by molar-refractivity contribution is -0.115. The first-order valence-electron chi connectivity index (χ1n) is 6.36. The van der Waals surface area contributed by atoms with Crippen molar-refractivity contribution in [1.82, 2.24) is 4.98 Å². The Bertz CT molecular complexity index is 666. The van der Waals surface area contributed by atoms with Gasteiger partial charge >= 0.3 is 0 Å². The summed E-state index contributed by atoms with van der Waals surface area (Å²) in [4.78, 5) is 27.6. The number of thiazole rings is 1. The molecule has 5 N–H and O–H groups in total. The average Bonchev–Trinajstić information content (AvgIpc) is 2.87. The molecule has 2 aromatic rings. The van der Waals surface area contributed by atoms with Crippen molar-refractivity contribution < 1.29 is 9.59 Å². The molecule has 1 atom stereocenters. The van der Waals surface area contributed by atoms with Crippen molar-refractivity contribution in [3.63, 3.8) is 0 Å². The summed E-state index contributed by atoms with van der Waals surface area (Å²) in [5.41, 5.74) is 12.3. The lowest BCUT2D eigenvalue weighted by Gasteiger charge is -2.07. The normalized spacial score (nSPS) is 11.9. The molecular weight excluding hydrogens is 288 g/mol. The molecule has 21 heavy (non-hydrogen) atoms. The van der Waals surface area contributed by atoms with Crippen LogP contribution in [0.5, 0.6) is 0 Å². The fourth-order valence-corrected chi connectivity index (χ4v) is 2.56. The zero-order chi connectivity index (χ0) is 15.4. The van der Waals surface area contributed by atoms with Crippen LogP contribution >= 0.6 is 11.3 Å². The Morgan fingerprint density at radius 1 is 1.38 bits per heavy atom. The van der Waals surface area contributed by atoms with E-state index in [1.807, 2.05) is 6.92 Å². The topological polar surface area (TPSA) is 111 Å². The maximum atomic E-state index is 12.0. The van der Waals surface area contributed by atoms with Gasteiger partial charge in [0.05, 0.1) is 29.4 Å². The minimum Gasteiger partial charge on any atom is -0.366 e. The average molecular weight is 304 g/mol. The summed E-state index contributed by atoms with van der Waals surface area (Å²) in [5, 5.41) is 5.26. The molecule has 0 fully saturated rings. The number of anilines is 1. The highest BCUT2D eigenvalue weighted by Crippen LogP contribution is 2.18. The number of rotatable bonds is 5. The monoisotopic (exact) mass is 304 g/mol. The summed E-state index contributed by atoms with van der Waals surface area (Å²) in [6.45, 7) is 1.84. The molecule has 1 unspecified atom stereocenters. The molecule has 1 heterocycles. The van der Waals surface area contributed by atoms with Crippen LogP contribution in [-0.4, -0.2) is 16.8 Å². The van der Waals surface area contributed by atoms with Crippen LogP contribution in [0.4, 0.5) is 5.69 Å². The van der Waals surface area contributed by atoms with Crippen molar-refractivity contribution in [3.8, 4) is 0 Å². The number of benzene rings is 1. The number of hydrogen-bond donors (Lipinski definition) is 3. The molecule has 0 aliphatic rings. The van der Waals surface area contributed by atoms with Gasteiger partial charge in [-0.05, 0) is 19.1 Å². The van der Waals surface area contributed by atoms with Crippen molar-refractivity contribution in [2.75, 3.05) is 5.32 Å². The van der Waals surface area contributed by atoms with Gasteiger partial charge in [0.1, 0.15) is 5.01 Å². The number of para-hydroxylation sites is 1. The van der Waals surface area contributed by atoms with Gasteiger partial charge < -0.3 is 16.8 Å². The van der Waals surface area contributed by atoms with E-state index in [4.69, 9.17) is 11.5 Å². The van der Waals surface area contributed by atoms with Gasteiger partial charge in [-0.25, -0.2) is 4.98 Å². The second-order valence-corrected chi connectivity index (χ2v) is 5.49. The van der Waals surface area contributed by atoms with Crippen LogP contribution < -0.4 is 16.8 Å². The summed E-state index contributed by atoms with van der Waals surface area (Å²) >= 11 is 1.42. The number of hydrogen-bond acceptors (Lipinski definition) is 5. The van der Waals surface area contributed by atoms with Crippen molar-refractivity contribution in [3.05, 3.63) is 45.9 Å². The standard InChI is InChI=1S/C14H16N4O2S/c1-8(15)14-17-9(7-21-14)6-12(19)18-11-5-3-2-4-10(11)13(16)20/h2-5,7-8H,6,15H2,1H3,(H2,16,20)(H,18,19). The first-order chi connectivity index (χ1) is 9.97. The van der Waals surface area contributed by atoms with Crippen molar-refractivity contribution in [2.45, 2.75) is 19.4 Å². The molecule has 0 saturated carbocycles. The third-order valence-electron chi connectivity index (χ3n) is 2.77. The zero-order valence-corrected chi connectivity index (χ0v) is 12.3. The molecule has 2 rings (SSSR count). The van der Waals surface area contributed by atoms with Crippen molar-refractivity contribution in [1.29, 1.82) is 0 Å². The first-order valence-corrected chi connectivity index (χ1v) is 7.24. The number of amides is 2. The lowest BCUT2D eigenvalue weighted by Crippen LogP contribution is -2.19. The minimum atomic E-state index is -0.584. The van der Waals surface area contributed by atoms with Crippen LogP contribution in [0.15, 0.2) is 29.6 Å². The molecule has 7 heteroatoms. The number of carbonyl (C=O) groups is 2. The van der Waals surface area contributed by atoms with E-state index >= 15 is 0 Å². The minimum absolute atomic E-state index is 0.121. The summed E-state index contributed by atoms with van der Waals surface area (Å²) in [5.74, 6) is -0.843. The Kier molecular flexibility index (Phi) is 4.66. The highest BCUT2D eigenvalue weighted by Gasteiger charge is 2.13. The van der Waals surface area contributed by atoms with Crippen LogP contribution in [0.25, 0.3) is 0 Å². The van der Waals surface area contributed by atoms with Gasteiger partial charge in [-0.3, -0.25) is 9.59 Å². The second kappa shape index (κ2) is 6.47. The van der Waals surface area contributed by atoms with E-state index in [9.17, 15) is 9.59 Å². The summed E-state index contributed by atoms with van der Waals surface area (Å²) in [7, 11) is 0. The Morgan fingerprint density at radius 3 is 2.71 bits per heavy atom. The maximum absolute atomic E-state index is 12.0. The summed E-state index contributed by atoms with van der Waals surface area (Å²) in [6, 6.07) is 6.45. The second-order valence-electron chi connectivity index (χ2n) is 4.60. The van der Waals surface area contributed by atoms with E-state index < -0.39 is 5.91 Å². The molecule has 2 amide bonds. The summed E-state index contributed by atoms with van der Waals surface area (Å²) in [6.07, 6.45) is 0.121. The Morgan fingerprint density at radius 2 is 2.10 bits per heavy atom. The molecule has 0 spiro atoms. The molecule has 0 aliphatic carbocycles. The predicted octanol–water partition coefficient (Wildman–Crippen LogP) is 1.44. The van der Waals surface area contributed by atoms with Crippen LogP contribution in [0, 0.1) is 0 Å². The van der Waals surface area contributed by atoms with E-state index in [1.54, 1.807) is 29.6 Å². The van der Waals surface area contributed by atoms with E-state index in [-0.39, 0.29) is 23.9 Å². The van der Waals surface area contributed by atoms with E-state index in [2.05, 4.69) is 10.3 Å². The van der Waals surface area contributed by atoms with Crippen LogP contribution in [0.1, 0.15) is 34.0 Å². The first kappa shape index (κ1) is 15.1. The van der Waals surface area contributed by atoms with Gasteiger partial charge in [0.25, 0.3) is 5.91 Å². The molecule has 1 aromatic heterocycles. The van der Waals surface area contributed by atoms with Crippen LogP contribution in [0.2, 0.25) is 0 Å². The zero-order valence-electron chi connectivity index (χ0n) is 11.5. The SMILES string of the molecule is CC(N)c1nc(CC(=O)Nc2ccccc2C(N)=O)cs1. The van der Waals surface area contributed by atoms with E-state index in [1.165, 1.54) is 11.3 Å². The molecule has 1 aromatic carbocycles. The third kappa shape index (κ3) is 3.87. The molecule has 0 saturated heterocycles. The quantitative estimate of drug-likeness (QED) is 0.776. The molecule has 0 aliphatic heterocycles. The van der Waals surface area contributed by atoms with E-state index in [0.29, 0.717) is 11.4 Å². The molecule has 0 radical (unpaired) electrons. The number of nitrogens with zero attached hydrogens (tertiary/aromatic N) is 1. The number of nitrogens with two attached hydrogens (primary N) is 2. The highest BCUT2D eigenvalue weighted by molar-refractivity contribution is 7.09. The van der Waals surface area contributed by atoms with Crippen LogP contribution in [-0.2, 0) is 11.2 Å². The van der Waals surface area contributed by atoms with Crippen LogP contribution in [0.3, 0.4) is 0 Å². The fourth-order valence-electron chi connectivity index (χ4n) is 1.78.